The molecule has 20 heavy (non-hydrogen) atoms. The van der Waals surface area contributed by atoms with Crippen LogP contribution in [0.4, 0.5) is 0 Å². The third-order valence-electron chi connectivity index (χ3n) is 3.87. The van der Waals surface area contributed by atoms with Gasteiger partial charge in [-0.05, 0) is 54.4 Å². The Kier molecular flexibility index (Phi) is 4.08. The van der Waals surface area contributed by atoms with Crippen molar-refractivity contribution < 1.29 is 4.79 Å². The van der Waals surface area contributed by atoms with Crippen molar-refractivity contribution in [3.8, 4) is 0 Å². The molecular weight excluding hydrogens is 336 g/mol. The highest BCUT2D eigenvalue weighted by molar-refractivity contribution is 9.10. The van der Waals surface area contributed by atoms with Crippen LogP contribution in [-0.2, 0) is 6.42 Å². The van der Waals surface area contributed by atoms with E-state index in [0.717, 1.165) is 27.7 Å². The quantitative estimate of drug-likeness (QED) is 0.884. The van der Waals surface area contributed by atoms with Crippen LogP contribution in [0.2, 0.25) is 0 Å². The fourth-order valence-corrected chi connectivity index (χ4v) is 4.51. The Morgan fingerprint density at radius 3 is 3.05 bits per heavy atom. The van der Waals surface area contributed by atoms with Crippen LogP contribution in [0.25, 0.3) is 10.9 Å². The van der Waals surface area contributed by atoms with Gasteiger partial charge in [0.15, 0.2) is 0 Å². The monoisotopic (exact) mass is 352 g/mol. The van der Waals surface area contributed by atoms with Gasteiger partial charge in [0.25, 0.3) is 5.91 Å². The number of H-pyrrole nitrogens is 1. The molecule has 3 N–H and O–H groups in total. The standard InChI is InChI=1S/C15H17BrN2OS/c16-11-5-12-10(4-9-2-1-3-20-8-9)7-18-14(12)13(6-11)15(17)19/h5-7,9,18H,1-4,8H2,(H2,17,19). The summed E-state index contributed by atoms with van der Waals surface area (Å²) in [6.45, 7) is 0. The summed E-state index contributed by atoms with van der Waals surface area (Å²) >= 11 is 5.52. The molecule has 0 bridgehead atoms. The summed E-state index contributed by atoms with van der Waals surface area (Å²) in [7, 11) is 0. The highest BCUT2D eigenvalue weighted by atomic mass is 79.9. The summed E-state index contributed by atoms with van der Waals surface area (Å²) in [4.78, 5) is 14.8. The Bertz CT molecular complexity index is 647. The van der Waals surface area contributed by atoms with Crippen LogP contribution in [0, 0.1) is 5.92 Å². The van der Waals surface area contributed by atoms with Crippen molar-refractivity contribution in [2.45, 2.75) is 19.3 Å². The molecule has 1 aromatic carbocycles. The first-order valence-electron chi connectivity index (χ1n) is 6.82. The van der Waals surface area contributed by atoms with Crippen molar-refractivity contribution in [1.29, 1.82) is 0 Å². The minimum absolute atomic E-state index is 0.391. The number of hydrogen-bond donors (Lipinski definition) is 2. The molecule has 106 valence electrons. The minimum Gasteiger partial charge on any atom is -0.366 e. The molecule has 1 atom stereocenters. The molecule has 1 unspecified atom stereocenters. The number of fused-ring (bicyclic) bond motifs is 1. The number of rotatable bonds is 3. The van der Waals surface area contributed by atoms with Gasteiger partial charge in [-0.25, -0.2) is 0 Å². The zero-order valence-corrected chi connectivity index (χ0v) is 13.5. The molecule has 3 nitrogen and oxygen atoms in total. The van der Waals surface area contributed by atoms with E-state index in [2.05, 4.69) is 27.0 Å². The topological polar surface area (TPSA) is 58.9 Å². The third-order valence-corrected chi connectivity index (χ3v) is 5.61. The van der Waals surface area contributed by atoms with E-state index in [4.69, 9.17) is 5.73 Å². The van der Waals surface area contributed by atoms with E-state index in [-0.39, 0.29) is 0 Å². The number of aromatic amines is 1. The summed E-state index contributed by atoms with van der Waals surface area (Å²) in [5.41, 5.74) is 8.16. The SMILES string of the molecule is NC(=O)c1cc(Br)cc2c(CC3CCCSC3)c[nH]c12. The highest BCUT2D eigenvalue weighted by Crippen LogP contribution is 2.31. The summed E-state index contributed by atoms with van der Waals surface area (Å²) in [6, 6.07) is 3.85. The number of halogens is 1. The van der Waals surface area contributed by atoms with Crippen LogP contribution in [0.3, 0.4) is 0 Å². The second-order valence-corrected chi connectivity index (χ2v) is 7.41. The average Bonchev–Trinajstić information content (AvgIpc) is 2.82. The summed E-state index contributed by atoms with van der Waals surface area (Å²) in [5.74, 6) is 2.88. The summed E-state index contributed by atoms with van der Waals surface area (Å²) in [6.07, 6.45) is 5.72. The minimum atomic E-state index is -0.391. The predicted molar refractivity (Wildman–Crippen MR) is 88.3 cm³/mol. The second kappa shape index (κ2) is 5.82. The number of aromatic nitrogens is 1. The highest BCUT2D eigenvalue weighted by Gasteiger charge is 2.18. The van der Waals surface area contributed by atoms with Crippen molar-refractivity contribution in [1.82, 2.24) is 4.98 Å². The second-order valence-electron chi connectivity index (χ2n) is 5.34. The predicted octanol–water partition coefficient (Wildman–Crippen LogP) is 3.72. The third kappa shape index (κ3) is 2.74. The van der Waals surface area contributed by atoms with E-state index in [0.29, 0.717) is 5.56 Å². The molecular formula is C15H17BrN2OS. The molecule has 1 aromatic heterocycles. The number of thioether (sulfide) groups is 1. The first-order valence-corrected chi connectivity index (χ1v) is 8.77. The molecule has 0 radical (unpaired) electrons. The van der Waals surface area contributed by atoms with Gasteiger partial charge in [-0.1, -0.05) is 15.9 Å². The van der Waals surface area contributed by atoms with Crippen LogP contribution in [0.1, 0.15) is 28.8 Å². The van der Waals surface area contributed by atoms with Gasteiger partial charge < -0.3 is 10.7 Å². The van der Waals surface area contributed by atoms with Crippen molar-refractivity contribution in [3.63, 3.8) is 0 Å². The van der Waals surface area contributed by atoms with Crippen molar-refractivity contribution in [2.75, 3.05) is 11.5 Å². The van der Waals surface area contributed by atoms with Crippen LogP contribution in [0.5, 0.6) is 0 Å². The zero-order chi connectivity index (χ0) is 14.1. The van der Waals surface area contributed by atoms with E-state index in [1.165, 1.54) is 29.9 Å². The van der Waals surface area contributed by atoms with E-state index in [1.54, 1.807) is 6.07 Å². The fraction of sp³-hybridized carbons (Fsp3) is 0.400. The Hall–Kier alpha value is -0.940. The van der Waals surface area contributed by atoms with Gasteiger partial charge in [0.2, 0.25) is 0 Å². The molecule has 2 aromatic rings. The lowest BCUT2D eigenvalue weighted by atomic mass is 9.95. The number of nitrogens with two attached hydrogens (primary N) is 1. The molecule has 3 rings (SSSR count). The van der Waals surface area contributed by atoms with Gasteiger partial charge >= 0.3 is 0 Å². The molecule has 1 aliphatic heterocycles. The number of primary amides is 1. The zero-order valence-electron chi connectivity index (χ0n) is 11.1. The molecule has 0 aliphatic carbocycles. The molecule has 1 fully saturated rings. The van der Waals surface area contributed by atoms with Gasteiger partial charge in [-0.3, -0.25) is 4.79 Å². The Morgan fingerprint density at radius 1 is 1.50 bits per heavy atom. The smallest absolute Gasteiger partial charge is 0.250 e. The van der Waals surface area contributed by atoms with Gasteiger partial charge in [0.1, 0.15) is 0 Å². The van der Waals surface area contributed by atoms with E-state index < -0.39 is 5.91 Å². The van der Waals surface area contributed by atoms with Gasteiger partial charge in [-0.15, -0.1) is 0 Å². The average molecular weight is 353 g/mol. The van der Waals surface area contributed by atoms with Crippen molar-refractivity contribution in [3.05, 3.63) is 33.9 Å². The van der Waals surface area contributed by atoms with Crippen LogP contribution < -0.4 is 5.73 Å². The normalized spacial score (nSPS) is 19.4. The van der Waals surface area contributed by atoms with E-state index >= 15 is 0 Å². The van der Waals surface area contributed by atoms with Gasteiger partial charge in [0, 0.05) is 16.1 Å². The number of amides is 1. The number of nitrogens with one attached hydrogen (secondary N) is 1. The number of hydrogen-bond acceptors (Lipinski definition) is 2. The Morgan fingerprint density at radius 2 is 2.35 bits per heavy atom. The van der Waals surface area contributed by atoms with E-state index in [9.17, 15) is 4.79 Å². The maximum absolute atomic E-state index is 11.5. The molecule has 2 heterocycles. The Labute approximate surface area is 130 Å². The summed E-state index contributed by atoms with van der Waals surface area (Å²) in [5, 5.41) is 1.11. The Balaban J connectivity index is 1.97. The lowest BCUT2D eigenvalue weighted by Gasteiger charge is -2.20. The molecule has 1 saturated heterocycles. The summed E-state index contributed by atoms with van der Waals surface area (Å²) < 4.78 is 0.901. The molecule has 1 aliphatic rings. The molecule has 0 saturated carbocycles. The van der Waals surface area contributed by atoms with Gasteiger partial charge in [0.05, 0.1) is 11.1 Å². The van der Waals surface area contributed by atoms with Gasteiger partial charge in [-0.2, -0.15) is 11.8 Å². The lowest BCUT2D eigenvalue weighted by molar-refractivity contribution is 0.100. The maximum atomic E-state index is 11.5. The van der Waals surface area contributed by atoms with Crippen molar-refractivity contribution in [2.24, 2.45) is 11.7 Å². The fourth-order valence-electron chi connectivity index (χ4n) is 2.90. The molecule has 5 heteroatoms. The maximum Gasteiger partial charge on any atom is 0.250 e. The molecule has 0 spiro atoms. The lowest BCUT2D eigenvalue weighted by Crippen LogP contribution is -2.13. The molecule has 1 amide bonds. The number of benzene rings is 1. The number of carbonyl (C=O) groups excluding carboxylic acids is 1. The number of carbonyl (C=O) groups is 1. The van der Waals surface area contributed by atoms with Crippen molar-refractivity contribution >= 4 is 44.5 Å². The van der Waals surface area contributed by atoms with Crippen LogP contribution in [-0.4, -0.2) is 22.4 Å². The first-order chi connectivity index (χ1) is 9.65. The van der Waals surface area contributed by atoms with E-state index in [1.807, 2.05) is 18.0 Å². The van der Waals surface area contributed by atoms with Crippen LogP contribution in [0.15, 0.2) is 22.8 Å². The van der Waals surface area contributed by atoms with Crippen LogP contribution >= 0.6 is 27.7 Å². The largest absolute Gasteiger partial charge is 0.366 e. The first kappa shape index (κ1) is 14.0.